The number of nitrogens with one attached hydrogen (secondary N) is 1. The third-order valence-corrected chi connectivity index (χ3v) is 4.41. The predicted molar refractivity (Wildman–Crippen MR) is 95.2 cm³/mol. The monoisotopic (exact) mass is 327 g/mol. The van der Waals surface area contributed by atoms with Gasteiger partial charge in [0.1, 0.15) is 5.82 Å². The molecule has 1 saturated heterocycles. The fraction of sp³-hybridized carbons (Fsp3) is 0.316. The van der Waals surface area contributed by atoms with Gasteiger partial charge in [0.05, 0.1) is 0 Å². The number of halogens is 1. The van der Waals surface area contributed by atoms with E-state index < -0.39 is 0 Å². The lowest BCUT2D eigenvalue weighted by molar-refractivity contribution is 0.102. The highest BCUT2D eigenvalue weighted by Gasteiger charge is 2.16. The number of aryl methyl sites for hydroxylation is 1. The van der Waals surface area contributed by atoms with Crippen molar-refractivity contribution in [1.29, 1.82) is 0 Å². The second-order valence-corrected chi connectivity index (χ2v) is 6.25. The van der Waals surface area contributed by atoms with Crippen molar-refractivity contribution >= 4 is 17.3 Å². The first-order valence-electron chi connectivity index (χ1n) is 8.14. The molecule has 1 N–H and O–H groups in total. The van der Waals surface area contributed by atoms with Crippen LogP contribution in [0, 0.1) is 12.7 Å². The van der Waals surface area contributed by atoms with E-state index in [4.69, 9.17) is 0 Å². The van der Waals surface area contributed by atoms with Crippen molar-refractivity contribution in [1.82, 2.24) is 4.90 Å². The van der Waals surface area contributed by atoms with Gasteiger partial charge in [-0.25, -0.2) is 4.39 Å². The minimum absolute atomic E-state index is 0.234. The van der Waals surface area contributed by atoms with E-state index in [0.29, 0.717) is 5.56 Å². The average molecular weight is 327 g/mol. The van der Waals surface area contributed by atoms with E-state index in [9.17, 15) is 9.18 Å². The number of amides is 1. The number of piperazine rings is 1. The molecule has 0 atom stereocenters. The van der Waals surface area contributed by atoms with Gasteiger partial charge >= 0.3 is 0 Å². The first kappa shape index (κ1) is 16.5. The lowest BCUT2D eigenvalue weighted by atomic mass is 10.1. The van der Waals surface area contributed by atoms with E-state index in [1.165, 1.54) is 30.0 Å². The average Bonchev–Trinajstić information content (AvgIpc) is 2.57. The number of nitrogens with zero attached hydrogens (tertiary/aromatic N) is 2. The van der Waals surface area contributed by atoms with E-state index in [1.807, 2.05) is 12.1 Å². The Morgan fingerprint density at radius 3 is 2.33 bits per heavy atom. The van der Waals surface area contributed by atoms with Crippen molar-refractivity contribution in [2.75, 3.05) is 43.4 Å². The van der Waals surface area contributed by atoms with Crippen LogP contribution < -0.4 is 10.2 Å². The van der Waals surface area contributed by atoms with E-state index in [2.05, 4.69) is 35.2 Å². The summed E-state index contributed by atoms with van der Waals surface area (Å²) in [5.41, 5.74) is 3.54. The predicted octanol–water partition coefficient (Wildman–Crippen LogP) is 3.14. The van der Waals surface area contributed by atoms with Crippen molar-refractivity contribution in [3.05, 3.63) is 59.4 Å². The number of anilines is 2. The van der Waals surface area contributed by atoms with Gasteiger partial charge in [-0.1, -0.05) is 0 Å². The standard InChI is InChI=1S/C19H22FN3O/c1-14-13-17(21-19(24)15-3-5-16(20)6-4-15)7-8-18(14)23-11-9-22(2)10-12-23/h3-8,13H,9-12H2,1-2H3,(H,21,24). The lowest BCUT2D eigenvalue weighted by Crippen LogP contribution is -2.44. The number of benzene rings is 2. The summed E-state index contributed by atoms with van der Waals surface area (Å²) in [6, 6.07) is 11.5. The molecule has 0 bridgehead atoms. The number of likely N-dealkylation sites (N-methyl/N-ethyl adjacent to an activating group) is 1. The Balaban J connectivity index is 1.70. The molecule has 5 heteroatoms. The number of rotatable bonds is 3. The summed E-state index contributed by atoms with van der Waals surface area (Å²) in [7, 11) is 2.14. The van der Waals surface area contributed by atoms with Crippen LogP contribution in [0.4, 0.5) is 15.8 Å². The third kappa shape index (κ3) is 3.74. The van der Waals surface area contributed by atoms with Crippen molar-refractivity contribution in [3.8, 4) is 0 Å². The van der Waals surface area contributed by atoms with Crippen molar-refractivity contribution in [3.63, 3.8) is 0 Å². The van der Waals surface area contributed by atoms with Gasteiger partial charge in [0.15, 0.2) is 0 Å². The molecule has 0 spiro atoms. The summed E-state index contributed by atoms with van der Waals surface area (Å²) >= 11 is 0. The zero-order chi connectivity index (χ0) is 17.1. The molecule has 1 aliphatic rings. The van der Waals surface area contributed by atoms with Gasteiger partial charge in [0.25, 0.3) is 5.91 Å². The summed E-state index contributed by atoms with van der Waals surface area (Å²) in [6.07, 6.45) is 0. The molecule has 24 heavy (non-hydrogen) atoms. The molecule has 1 amide bonds. The molecular weight excluding hydrogens is 305 g/mol. The van der Waals surface area contributed by atoms with E-state index in [-0.39, 0.29) is 11.7 Å². The van der Waals surface area contributed by atoms with E-state index in [1.54, 1.807) is 0 Å². The van der Waals surface area contributed by atoms with Crippen LogP contribution in [0.25, 0.3) is 0 Å². The van der Waals surface area contributed by atoms with Crippen LogP contribution >= 0.6 is 0 Å². The number of carbonyl (C=O) groups is 1. The molecule has 1 aliphatic heterocycles. The van der Waals surface area contributed by atoms with Gasteiger partial charge in [0, 0.05) is 43.1 Å². The zero-order valence-corrected chi connectivity index (χ0v) is 14.1. The molecule has 1 fully saturated rings. The molecule has 3 rings (SSSR count). The Morgan fingerprint density at radius 2 is 1.71 bits per heavy atom. The summed E-state index contributed by atoms with van der Waals surface area (Å²) in [6.45, 7) is 6.20. The molecule has 2 aromatic carbocycles. The summed E-state index contributed by atoms with van der Waals surface area (Å²) in [5, 5.41) is 2.87. The molecule has 2 aromatic rings. The van der Waals surface area contributed by atoms with E-state index >= 15 is 0 Å². The highest BCUT2D eigenvalue weighted by atomic mass is 19.1. The maximum atomic E-state index is 12.9. The normalized spacial score (nSPS) is 15.4. The van der Waals surface area contributed by atoms with Gasteiger partial charge in [-0.15, -0.1) is 0 Å². The van der Waals surface area contributed by atoms with Crippen molar-refractivity contribution in [2.24, 2.45) is 0 Å². The van der Waals surface area contributed by atoms with Gasteiger partial charge in [-0.2, -0.15) is 0 Å². The van der Waals surface area contributed by atoms with Crippen molar-refractivity contribution in [2.45, 2.75) is 6.92 Å². The maximum absolute atomic E-state index is 12.9. The third-order valence-electron chi connectivity index (χ3n) is 4.41. The van der Waals surface area contributed by atoms with Crippen LogP contribution in [0.3, 0.4) is 0 Å². The molecule has 126 valence electrons. The van der Waals surface area contributed by atoms with Crippen LogP contribution in [0.1, 0.15) is 15.9 Å². The quantitative estimate of drug-likeness (QED) is 0.941. The molecule has 0 aliphatic carbocycles. The Bertz CT molecular complexity index is 722. The SMILES string of the molecule is Cc1cc(NC(=O)c2ccc(F)cc2)ccc1N1CCN(C)CC1. The second kappa shape index (κ2) is 7.01. The van der Waals surface area contributed by atoms with Gasteiger partial charge in [-0.3, -0.25) is 4.79 Å². The number of hydrogen-bond acceptors (Lipinski definition) is 3. The Kier molecular flexibility index (Phi) is 4.81. The summed E-state index contributed by atoms with van der Waals surface area (Å²) in [4.78, 5) is 16.9. The van der Waals surface area contributed by atoms with Gasteiger partial charge in [0.2, 0.25) is 0 Å². The second-order valence-electron chi connectivity index (χ2n) is 6.25. The lowest BCUT2D eigenvalue weighted by Gasteiger charge is -2.35. The largest absolute Gasteiger partial charge is 0.369 e. The topological polar surface area (TPSA) is 35.6 Å². The molecule has 0 unspecified atom stereocenters. The molecule has 4 nitrogen and oxygen atoms in total. The van der Waals surface area contributed by atoms with Gasteiger partial charge in [-0.05, 0) is 62.0 Å². The fourth-order valence-corrected chi connectivity index (χ4v) is 2.94. The minimum atomic E-state index is -0.348. The van der Waals surface area contributed by atoms with E-state index in [0.717, 1.165) is 37.4 Å². The first-order valence-corrected chi connectivity index (χ1v) is 8.14. The van der Waals surface area contributed by atoms with Crippen molar-refractivity contribution < 1.29 is 9.18 Å². The smallest absolute Gasteiger partial charge is 0.255 e. The summed E-state index contributed by atoms with van der Waals surface area (Å²) in [5.74, 6) is -0.583. The Hall–Kier alpha value is -2.40. The highest BCUT2D eigenvalue weighted by Crippen LogP contribution is 2.25. The van der Waals surface area contributed by atoms with Crippen LogP contribution in [-0.4, -0.2) is 44.0 Å². The molecule has 0 aromatic heterocycles. The maximum Gasteiger partial charge on any atom is 0.255 e. The van der Waals surface area contributed by atoms with Crippen LogP contribution in [0.5, 0.6) is 0 Å². The fourth-order valence-electron chi connectivity index (χ4n) is 2.94. The molecule has 0 radical (unpaired) electrons. The minimum Gasteiger partial charge on any atom is -0.369 e. The van der Waals surface area contributed by atoms with Crippen LogP contribution in [0.2, 0.25) is 0 Å². The number of hydrogen-bond donors (Lipinski definition) is 1. The Morgan fingerprint density at radius 1 is 1.04 bits per heavy atom. The summed E-state index contributed by atoms with van der Waals surface area (Å²) < 4.78 is 12.9. The highest BCUT2D eigenvalue weighted by molar-refractivity contribution is 6.04. The molecule has 0 saturated carbocycles. The zero-order valence-electron chi connectivity index (χ0n) is 14.1. The Labute approximate surface area is 141 Å². The molecule has 1 heterocycles. The first-order chi connectivity index (χ1) is 11.5. The van der Waals surface area contributed by atoms with Crippen LogP contribution in [-0.2, 0) is 0 Å². The molecular formula is C19H22FN3O. The number of carbonyl (C=O) groups excluding carboxylic acids is 1. The van der Waals surface area contributed by atoms with Crippen LogP contribution in [0.15, 0.2) is 42.5 Å². The van der Waals surface area contributed by atoms with Gasteiger partial charge < -0.3 is 15.1 Å².